The normalized spacial score (nSPS) is 11.1. The molecule has 148 valence electrons. The Labute approximate surface area is 169 Å². The topological polar surface area (TPSA) is 93.7 Å². The van der Waals surface area contributed by atoms with Crippen molar-refractivity contribution in [3.63, 3.8) is 0 Å². The predicted octanol–water partition coefficient (Wildman–Crippen LogP) is 3.85. The van der Waals surface area contributed by atoms with Crippen molar-refractivity contribution in [3.05, 3.63) is 47.6 Å². The molecule has 29 heavy (non-hydrogen) atoms. The van der Waals surface area contributed by atoms with Crippen LogP contribution >= 0.6 is 0 Å². The Bertz CT molecular complexity index is 1110. The third-order valence-electron chi connectivity index (χ3n) is 4.58. The highest BCUT2D eigenvalue weighted by Crippen LogP contribution is 2.34. The molecule has 3 rings (SSSR count). The predicted molar refractivity (Wildman–Crippen MR) is 111 cm³/mol. The largest absolute Gasteiger partial charge is 0.466 e. The number of ether oxygens (including phenoxy) is 1. The van der Waals surface area contributed by atoms with Crippen molar-refractivity contribution in [1.82, 2.24) is 19.7 Å². The lowest BCUT2D eigenvalue weighted by Crippen LogP contribution is -2.08. The monoisotopic (exact) mass is 389 g/mol. The number of fused-ring (bicyclic) bond motifs is 1. The highest BCUT2D eigenvalue weighted by atomic mass is 16.5. The maximum Gasteiger partial charge on any atom is 0.306 e. The number of pyridine rings is 2. The number of esters is 1. The number of aryl methyl sites for hydroxylation is 2. The van der Waals surface area contributed by atoms with Gasteiger partial charge in [0.05, 0.1) is 24.6 Å². The van der Waals surface area contributed by atoms with Crippen molar-refractivity contribution in [1.29, 1.82) is 5.26 Å². The first-order valence-corrected chi connectivity index (χ1v) is 9.61. The fraction of sp³-hybridized carbons (Fsp3) is 0.318. The van der Waals surface area contributed by atoms with Crippen LogP contribution in [0.2, 0.25) is 0 Å². The molecule has 0 bridgehead atoms. The van der Waals surface area contributed by atoms with Crippen LogP contribution < -0.4 is 0 Å². The number of hydrogen-bond acceptors (Lipinski definition) is 6. The minimum absolute atomic E-state index is 0.225. The Morgan fingerprint density at radius 3 is 2.83 bits per heavy atom. The lowest BCUT2D eigenvalue weighted by Gasteiger charge is -2.15. The Hall–Kier alpha value is -3.53. The van der Waals surface area contributed by atoms with Crippen molar-refractivity contribution in [2.75, 3.05) is 6.61 Å². The van der Waals surface area contributed by atoms with Gasteiger partial charge >= 0.3 is 5.97 Å². The number of nitrogens with zero attached hydrogens (tertiary/aromatic N) is 5. The third-order valence-corrected chi connectivity index (χ3v) is 4.58. The molecule has 0 aromatic carbocycles. The lowest BCUT2D eigenvalue weighted by atomic mass is 9.93. The Morgan fingerprint density at radius 1 is 1.31 bits per heavy atom. The molecule has 0 saturated carbocycles. The molecule has 3 aromatic heterocycles. The van der Waals surface area contributed by atoms with Gasteiger partial charge < -0.3 is 4.74 Å². The fourth-order valence-electron chi connectivity index (χ4n) is 3.37. The number of hydrogen-bond donors (Lipinski definition) is 0. The van der Waals surface area contributed by atoms with Crippen LogP contribution in [-0.2, 0) is 22.5 Å². The van der Waals surface area contributed by atoms with Gasteiger partial charge in [0.2, 0.25) is 0 Å². The van der Waals surface area contributed by atoms with Gasteiger partial charge in [0.1, 0.15) is 0 Å². The SMILES string of the molecule is CCOC(=O)CCc1c(/C=C/C#N)nc2c(cnn2CC)c1-c1cncc(C)c1. The molecule has 7 heteroatoms. The molecule has 0 spiro atoms. The minimum atomic E-state index is -0.264. The van der Waals surface area contributed by atoms with E-state index in [2.05, 4.69) is 16.1 Å². The minimum Gasteiger partial charge on any atom is -0.466 e. The Kier molecular flexibility index (Phi) is 6.35. The summed E-state index contributed by atoms with van der Waals surface area (Å²) in [6.45, 7) is 6.79. The van der Waals surface area contributed by atoms with Crippen LogP contribution in [0, 0.1) is 18.3 Å². The van der Waals surface area contributed by atoms with Gasteiger partial charge in [-0.1, -0.05) is 0 Å². The third kappa shape index (κ3) is 4.32. The van der Waals surface area contributed by atoms with E-state index in [9.17, 15) is 4.79 Å². The first-order chi connectivity index (χ1) is 14.1. The van der Waals surface area contributed by atoms with Crippen LogP contribution in [0.3, 0.4) is 0 Å². The van der Waals surface area contributed by atoms with Crippen molar-refractivity contribution < 1.29 is 9.53 Å². The van der Waals surface area contributed by atoms with Crippen LogP contribution in [0.25, 0.3) is 28.2 Å². The number of carbonyl (C=O) groups is 1. The van der Waals surface area contributed by atoms with E-state index in [-0.39, 0.29) is 12.4 Å². The average Bonchev–Trinajstić information content (AvgIpc) is 3.12. The van der Waals surface area contributed by atoms with E-state index in [4.69, 9.17) is 15.0 Å². The molecule has 0 saturated heterocycles. The summed E-state index contributed by atoms with van der Waals surface area (Å²) >= 11 is 0. The van der Waals surface area contributed by atoms with E-state index in [0.29, 0.717) is 25.3 Å². The van der Waals surface area contributed by atoms with Crippen molar-refractivity contribution in [2.45, 2.75) is 40.2 Å². The van der Waals surface area contributed by atoms with Crippen molar-refractivity contribution >= 4 is 23.1 Å². The number of aromatic nitrogens is 4. The Morgan fingerprint density at radius 2 is 2.14 bits per heavy atom. The molecule has 0 fully saturated rings. The maximum absolute atomic E-state index is 12.0. The zero-order valence-corrected chi connectivity index (χ0v) is 16.8. The van der Waals surface area contributed by atoms with Crippen LogP contribution in [-0.4, -0.2) is 32.3 Å². The summed E-state index contributed by atoms with van der Waals surface area (Å²) in [6, 6.07) is 4.07. The summed E-state index contributed by atoms with van der Waals surface area (Å²) in [6.07, 6.45) is 9.14. The highest BCUT2D eigenvalue weighted by molar-refractivity contribution is 5.96. The number of nitriles is 1. The molecule has 0 unspecified atom stereocenters. The summed E-state index contributed by atoms with van der Waals surface area (Å²) in [4.78, 5) is 21.1. The zero-order valence-electron chi connectivity index (χ0n) is 16.8. The van der Waals surface area contributed by atoms with Gasteiger partial charge in [0.15, 0.2) is 5.65 Å². The van der Waals surface area contributed by atoms with Gasteiger partial charge in [0.25, 0.3) is 0 Å². The van der Waals surface area contributed by atoms with Gasteiger partial charge in [-0.05, 0) is 50.5 Å². The lowest BCUT2D eigenvalue weighted by molar-refractivity contribution is -0.143. The molecule has 0 atom stereocenters. The van der Waals surface area contributed by atoms with E-state index < -0.39 is 0 Å². The number of rotatable bonds is 7. The Balaban J connectivity index is 2.27. The van der Waals surface area contributed by atoms with Crippen LogP contribution in [0.5, 0.6) is 0 Å². The number of carbonyl (C=O) groups excluding carboxylic acids is 1. The second-order valence-corrected chi connectivity index (χ2v) is 6.57. The molecule has 0 aliphatic rings. The summed E-state index contributed by atoms with van der Waals surface area (Å²) < 4.78 is 6.92. The van der Waals surface area contributed by atoms with Crippen LogP contribution in [0.1, 0.15) is 37.1 Å². The molecule has 3 heterocycles. The summed E-state index contributed by atoms with van der Waals surface area (Å²) in [5, 5.41) is 14.4. The van der Waals surface area contributed by atoms with E-state index >= 15 is 0 Å². The van der Waals surface area contributed by atoms with Crippen molar-refractivity contribution in [3.8, 4) is 17.2 Å². The van der Waals surface area contributed by atoms with Crippen LogP contribution in [0.4, 0.5) is 0 Å². The summed E-state index contributed by atoms with van der Waals surface area (Å²) in [7, 11) is 0. The van der Waals surface area contributed by atoms with Gasteiger partial charge in [-0.3, -0.25) is 9.78 Å². The molecule has 0 aliphatic heterocycles. The van der Waals surface area contributed by atoms with Crippen LogP contribution in [0.15, 0.2) is 30.7 Å². The zero-order chi connectivity index (χ0) is 20.8. The van der Waals surface area contributed by atoms with E-state index in [1.807, 2.05) is 24.6 Å². The van der Waals surface area contributed by atoms with E-state index in [0.717, 1.165) is 33.3 Å². The van der Waals surface area contributed by atoms with Gasteiger partial charge in [0, 0.05) is 47.9 Å². The standard InChI is InChI=1S/C22H23N5O2/c1-4-27-22-18(14-25-27)21(16-11-15(3)12-24-13-16)17(8-9-20(28)29-5-2)19(26-22)7-6-10-23/h6-7,11-14H,4-5,8-9H2,1-3H3/b7-6+. The first kappa shape index (κ1) is 20.2. The van der Waals surface area contributed by atoms with E-state index in [1.54, 1.807) is 31.6 Å². The molecule has 7 nitrogen and oxygen atoms in total. The molecule has 0 radical (unpaired) electrons. The van der Waals surface area contributed by atoms with Gasteiger partial charge in [-0.2, -0.15) is 10.4 Å². The second kappa shape index (κ2) is 9.11. The molecule has 0 N–H and O–H groups in total. The summed E-state index contributed by atoms with van der Waals surface area (Å²) in [5.74, 6) is -0.264. The smallest absolute Gasteiger partial charge is 0.306 e. The van der Waals surface area contributed by atoms with Gasteiger partial charge in [-0.15, -0.1) is 0 Å². The summed E-state index contributed by atoms with van der Waals surface area (Å²) in [5.41, 5.74) is 5.16. The fourth-order valence-corrected chi connectivity index (χ4v) is 3.37. The number of allylic oxidation sites excluding steroid dienone is 1. The highest BCUT2D eigenvalue weighted by Gasteiger charge is 2.20. The van der Waals surface area contributed by atoms with Crippen molar-refractivity contribution in [2.24, 2.45) is 0 Å². The molecule has 3 aromatic rings. The molecule has 0 aliphatic carbocycles. The molecule has 0 amide bonds. The quantitative estimate of drug-likeness (QED) is 0.450. The molecular weight excluding hydrogens is 366 g/mol. The molecular formula is C22H23N5O2. The average molecular weight is 389 g/mol. The van der Waals surface area contributed by atoms with E-state index in [1.165, 1.54) is 6.08 Å². The second-order valence-electron chi connectivity index (χ2n) is 6.57. The maximum atomic E-state index is 12.0. The van der Waals surface area contributed by atoms with Gasteiger partial charge in [-0.25, -0.2) is 9.67 Å². The first-order valence-electron chi connectivity index (χ1n) is 9.61.